The van der Waals surface area contributed by atoms with Crippen LogP contribution < -0.4 is 4.74 Å². The summed E-state index contributed by atoms with van der Waals surface area (Å²) >= 11 is 0. The highest BCUT2D eigenvalue weighted by Crippen LogP contribution is 2.28. The quantitative estimate of drug-likeness (QED) is 0.857. The lowest BCUT2D eigenvalue weighted by Crippen LogP contribution is -2.12. The molecule has 0 saturated heterocycles. The van der Waals surface area contributed by atoms with E-state index in [0.717, 1.165) is 22.4 Å². The number of benzene rings is 1. The van der Waals surface area contributed by atoms with Gasteiger partial charge in [-0.1, -0.05) is 0 Å². The molecule has 17 heavy (non-hydrogen) atoms. The largest absolute Gasteiger partial charge is 0.496 e. The Labute approximate surface area is 103 Å². The second kappa shape index (κ2) is 6.03. The molecule has 0 aliphatic carbocycles. The molecule has 0 heterocycles. The Bertz CT molecular complexity index is 374. The molecule has 1 aromatic rings. The molecule has 1 aromatic carbocycles. The van der Waals surface area contributed by atoms with Gasteiger partial charge in [0.15, 0.2) is 0 Å². The van der Waals surface area contributed by atoms with Gasteiger partial charge in [0.05, 0.1) is 19.3 Å². The van der Waals surface area contributed by atoms with Crippen LogP contribution in [0.15, 0.2) is 12.1 Å². The predicted molar refractivity (Wildman–Crippen MR) is 68.5 cm³/mol. The highest BCUT2D eigenvalue weighted by Gasteiger charge is 2.15. The molecule has 2 unspecified atom stereocenters. The van der Waals surface area contributed by atoms with Gasteiger partial charge in [-0.25, -0.2) is 0 Å². The maximum atomic E-state index is 10.2. The number of aliphatic hydroxyl groups is 1. The monoisotopic (exact) mass is 238 g/mol. The van der Waals surface area contributed by atoms with Crippen LogP contribution in [0, 0.1) is 13.8 Å². The highest BCUT2D eigenvalue weighted by atomic mass is 16.5. The van der Waals surface area contributed by atoms with Crippen molar-refractivity contribution in [1.82, 2.24) is 0 Å². The Hall–Kier alpha value is -1.06. The molecule has 0 fully saturated rings. The van der Waals surface area contributed by atoms with Gasteiger partial charge < -0.3 is 14.6 Å². The number of hydrogen-bond donors (Lipinski definition) is 1. The topological polar surface area (TPSA) is 38.7 Å². The van der Waals surface area contributed by atoms with E-state index >= 15 is 0 Å². The molecule has 1 rings (SSSR count). The Kier molecular flexibility index (Phi) is 4.97. The van der Waals surface area contributed by atoms with E-state index in [4.69, 9.17) is 9.47 Å². The summed E-state index contributed by atoms with van der Waals surface area (Å²) in [6.07, 6.45) is 0.157. The average Bonchev–Trinajstić information content (AvgIpc) is 2.31. The summed E-state index contributed by atoms with van der Waals surface area (Å²) in [7, 11) is 3.31. The number of methoxy groups -OCH3 is 2. The second-order valence-electron chi connectivity index (χ2n) is 4.48. The molecule has 1 N–H and O–H groups in total. The van der Waals surface area contributed by atoms with E-state index in [9.17, 15) is 5.11 Å². The number of aliphatic hydroxyl groups excluding tert-OH is 1. The minimum Gasteiger partial charge on any atom is -0.496 e. The molecule has 0 aliphatic rings. The molecule has 0 bridgehead atoms. The van der Waals surface area contributed by atoms with Gasteiger partial charge in [-0.15, -0.1) is 0 Å². The molecular formula is C14H22O3. The van der Waals surface area contributed by atoms with E-state index in [2.05, 4.69) is 0 Å². The molecular weight excluding hydrogens is 216 g/mol. The van der Waals surface area contributed by atoms with Gasteiger partial charge in [0.25, 0.3) is 0 Å². The molecule has 0 saturated carbocycles. The summed E-state index contributed by atoms with van der Waals surface area (Å²) in [6.45, 7) is 5.92. The minimum atomic E-state index is -0.491. The fourth-order valence-corrected chi connectivity index (χ4v) is 1.93. The van der Waals surface area contributed by atoms with Gasteiger partial charge in [0.1, 0.15) is 5.75 Å². The predicted octanol–water partition coefficient (Wildman–Crippen LogP) is 2.77. The van der Waals surface area contributed by atoms with E-state index in [1.807, 2.05) is 32.9 Å². The minimum absolute atomic E-state index is 0.0480. The Morgan fingerprint density at radius 2 is 1.82 bits per heavy atom. The van der Waals surface area contributed by atoms with Gasteiger partial charge in [-0.05, 0) is 49.6 Å². The molecule has 0 amide bonds. The van der Waals surface area contributed by atoms with Crippen molar-refractivity contribution in [2.75, 3.05) is 14.2 Å². The van der Waals surface area contributed by atoms with Crippen molar-refractivity contribution in [2.24, 2.45) is 0 Å². The summed E-state index contributed by atoms with van der Waals surface area (Å²) in [4.78, 5) is 0. The van der Waals surface area contributed by atoms with Gasteiger partial charge >= 0.3 is 0 Å². The van der Waals surface area contributed by atoms with Crippen molar-refractivity contribution in [2.45, 2.75) is 39.4 Å². The van der Waals surface area contributed by atoms with Crippen LogP contribution in [0.5, 0.6) is 5.75 Å². The molecule has 0 aromatic heterocycles. The van der Waals surface area contributed by atoms with Gasteiger partial charge in [0, 0.05) is 13.5 Å². The molecule has 0 aliphatic heterocycles. The fourth-order valence-electron chi connectivity index (χ4n) is 1.93. The first-order valence-electron chi connectivity index (χ1n) is 5.85. The number of ether oxygens (including phenoxy) is 2. The normalized spacial score (nSPS) is 14.5. The summed E-state index contributed by atoms with van der Waals surface area (Å²) in [5.74, 6) is 0.859. The average molecular weight is 238 g/mol. The molecule has 3 nitrogen and oxygen atoms in total. The van der Waals surface area contributed by atoms with Gasteiger partial charge in [0.2, 0.25) is 0 Å². The van der Waals surface area contributed by atoms with Crippen molar-refractivity contribution >= 4 is 0 Å². The van der Waals surface area contributed by atoms with Crippen molar-refractivity contribution in [3.05, 3.63) is 28.8 Å². The van der Waals surface area contributed by atoms with Crippen LogP contribution in [0.1, 0.15) is 36.1 Å². The Morgan fingerprint density at radius 1 is 1.18 bits per heavy atom. The van der Waals surface area contributed by atoms with Crippen molar-refractivity contribution in [1.29, 1.82) is 0 Å². The Balaban J connectivity index is 2.94. The number of rotatable bonds is 5. The second-order valence-corrected chi connectivity index (χ2v) is 4.48. The van der Waals surface area contributed by atoms with Crippen molar-refractivity contribution < 1.29 is 14.6 Å². The van der Waals surface area contributed by atoms with Crippen molar-refractivity contribution in [3.63, 3.8) is 0 Å². The van der Waals surface area contributed by atoms with E-state index < -0.39 is 6.10 Å². The number of aryl methyl sites for hydroxylation is 2. The van der Waals surface area contributed by atoms with Crippen LogP contribution in [0.3, 0.4) is 0 Å². The summed E-state index contributed by atoms with van der Waals surface area (Å²) in [6, 6.07) is 3.95. The summed E-state index contributed by atoms with van der Waals surface area (Å²) < 4.78 is 10.4. The van der Waals surface area contributed by atoms with Crippen LogP contribution in [0.4, 0.5) is 0 Å². The van der Waals surface area contributed by atoms with E-state index in [-0.39, 0.29) is 6.10 Å². The number of hydrogen-bond acceptors (Lipinski definition) is 3. The Morgan fingerprint density at radius 3 is 2.35 bits per heavy atom. The van der Waals surface area contributed by atoms with Crippen LogP contribution in [-0.4, -0.2) is 25.4 Å². The lowest BCUT2D eigenvalue weighted by atomic mass is 9.97. The first-order valence-corrected chi connectivity index (χ1v) is 5.85. The summed E-state index contributed by atoms with van der Waals surface area (Å²) in [5.41, 5.74) is 3.03. The van der Waals surface area contributed by atoms with Crippen LogP contribution in [0.25, 0.3) is 0 Å². The standard InChI is InChI=1S/C14H22O3/c1-9-7-14(17-5)10(2)6-12(9)13(15)8-11(3)16-4/h6-7,11,13,15H,8H2,1-5H3. The van der Waals surface area contributed by atoms with Crippen LogP contribution in [-0.2, 0) is 4.74 Å². The third-order valence-electron chi connectivity index (χ3n) is 3.10. The molecule has 0 spiro atoms. The van der Waals surface area contributed by atoms with Crippen LogP contribution in [0.2, 0.25) is 0 Å². The fraction of sp³-hybridized carbons (Fsp3) is 0.571. The van der Waals surface area contributed by atoms with E-state index in [0.29, 0.717) is 6.42 Å². The van der Waals surface area contributed by atoms with Crippen LogP contribution >= 0.6 is 0 Å². The van der Waals surface area contributed by atoms with E-state index in [1.165, 1.54) is 0 Å². The SMILES string of the molecule is COc1cc(C)c(C(O)CC(C)OC)cc1C. The zero-order chi connectivity index (χ0) is 13.0. The zero-order valence-corrected chi connectivity index (χ0v) is 11.3. The zero-order valence-electron chi connectivity index (χ0n) is 11.3. The smallest absolute Gasteiger partial charge is 0.122 e. The first kappa shape index (κ1) is 14.0. The third kappa shape index (κ3) is 3.45. The molecule has 96 valence electrons. The molecule has 2 atom stereocenters. The highest BCUT2D eigenvalue weighted by molar-refractivity contribution is 5.42. The van der Waals surface area contributed by atoms with Crippen molar-refractivity contribution in [3.8, 4) is 5.75 Å². The molecule has 0 radical (unpaired) electrons. The first-order chi connectivity index (χ1) is 7.99. The summed E-state index contributed by atoms with van der Waals surface area (Å²) in [5, 5.41) is 10.2. The van der Waals surface area contributed by atoms with Gasteiger partial charge in [-0.2, -0.15) is 0 Å². The van der Waals surface area contributed by atoms with E-state index in [1.54, 1.807) is 14.2 Å². The maximum absolute atomic E-state index is 10.2. The van der Waals surface area contributed by atoms with Gasteiger partial charge in [-0.3, -0.25) is 0 Å². The third-order valence-corrected chi connectivity index (χ3v) is 3.10. The molecule has 3 heteroatoms. The lowest BCUT2D eigenvalue weighted by molar-refractivity contribution is 0.0557. The maximum Gasteiger partial charge on any atom is 0.122 e. The lowest BCUT2D eigenvalue weighted by Gasteiger charge is -2.19.